The minimum Gasteiger partial charge on any atom is -0.397 e. The average molecular weight is 301 g/mol. The zero-order valence-electron chi connectivity index (χ0n) is 12.3. The van der Waals surface area contributed by atoms with Gasteiger partial charge in [0.15, 0.2) is 5.78 Å². The molecule has 0 aromatic carbocycles. The second kappa shape index (κ2) is 5.48. The molecule has 0 bridgehead atoms. The zero-order chi connectivity index (χ0) is 15.0. The SMILES string of the molecule is CC(=O)c1sc(NCc2ncccc2C)c(C2CC2)c1N. The Bertz CT molecular complexity index is 689. The van der Waals surface area contributed by atoms with Crippen molar-refractivity contribution >= 4 is 27.8 Å². The Morgan fingerprint density at radius 3 is 2.90 bits per heavy atom. The van der Waals surface area contributed by atoms with Crippen molar-refractivity contribution in [2.45, 2.75) is 39.2 Å². The quantitative estimate of drug-likeness (QED) is 0.826. The maximum absolute atomic E-state index is 11.7. The third-order valence-corrected chi connectivity index (χ3v) is 5.10. The van der Waals surface area contributed by atoms with Crippen LogP contribution in [0.2, 0.25) is 0 Å². The van der Waals surface area contributed by atoms with Crippen LogP contribution in [0.15, 0.2) is 18.3 Å². The highest BCUT2D eigenvalue weighted by molar-refractivity contribution is 7.18. The molecule has 3 rings (SSSR count). The van der Waals surface area contributed by atoms with Crippen LogP contribution >= 0.6 is 11.3 Å². The second-order valence-electron chi connectivity index (χ2n) is 5.54. The first-order valence-electron chi connectivity index (χ1n) is 7.15. The number of nitrogens with one attached hydrogen (secondary N) is 1. The van der Waals surface area contributed by atoms with E-state index in [2.05, 4.69) is 23.3 Å². The van der Waals surface area contributed by atoms with Crippen molar-refractivity contribution in [1.29, 1.82) is 0 Å². The standard InChI is InChI=1S/C16H19N3OS/c1-9-4-3-7-18-12(9)8-19-16-13(11-5-6-11)14(17)15(21-16)10(2)20/h3-4,7,11,19H,5-6,8,17H2,1-2H3. The van der Waals surface area contributed by atoms with E-state index in [0.717, 1.165) is 34.7 Å². The van der Waals surface area contributed by atoms with Gasteiger partial charge in [-0.1, -0.05) is 6.07 Å². The van der Waals surface area contributed by atoms with E-state index in [4.69, 9.17) is 5.73 Å². The number of hydrogen-bond donors (Lipinski definition) is 2. The molecule has 0 aliphatic heterocycles. The first-order chi connectivity index (χ1) is 10.1. The molecule has 0 unspecified atom stereocenters. The molecular formula is C16H19N3OS. The van der Waals surface area contributed by atoms with Gasteiger partial charge in [0.25, 0.3) is 0 Å². The fourth-order valence-electron chi connectivity index (χ4n) is 2.49. The van der Waals surface area contributed by atoms with Gasteiger partial charge in [-0.2, -0.15) is 0 Å². The van der Waals surface area contributed by atoms with Crippen molar-refractivity contribution in [3.63, 3.8) is 0 Å². The molecule has 110 valence electrons. The fourth-order valence-corrected chi connectivity index (χ4v) is 3.59. The van der Waals surface area contributed by atoms with Gasteiger partial charge in [-0.05, 0) is 37.3 Å². The van der Waals surface area contributed by atoms with Gasteiger partial charge in [-0.15, -0.1) is 11.3 Å². The summed E-state index contributed by atoms with van der Waals surface area (Å²) in [5, 5.41) is 4.46. The number of anilines is 2. The molecule has 3 N–H and O–H groups in total. The average Bonchev–Trinajstić information content (AvgIpc) is 3.22. The van der Waals surface area contributed by atoms with Crippen molar-refractivity contribution in [2.24, 2.45) is 0 Å². The van der Waals surface area contributed by atoms with E-state index >= 15 is 0 Å². The summed E-state index contributed by atoms with van der Waals surface area (Å²) in [6.07, 6.45) is 4.13. The van der Waals surface area contributed by atoms with Crippen molar-refractivity contribution in [3.05, 3.63) is 40.0 Å². The van der Waals surface area contributed by atoms with E-state index in [1.54, 1.807) is 13.1 Å². The molecule has 2 heterocycles. The Hall–Kier alpha value is -1.88. The Kier molecular flexibility index (Phi) is 3.68. The van der Waals surface area contributed by atoms with E-state index in [1.165, 1.54) is 11.3 Å². The first kappa shape index (κ1) is 14.1. The topological polar surface area (TPSA) is 68.0 Å². The number of nitrogens with two attached hydrogens (primary N) is 1. The van der Waals surface area contributed by atoms with E-state index < -0.39 is 0 Å². The van der Waals surface area contributed by atoms with Crippen LogP contribution in [-0.2, 0) is 6.54 Å². The van der Waals surface area contributed by atoms with Crippen LogP contribution in [0.5, 0.6) is 0 Å². The van der Waals surface area contributed by atoms with Crippen LogP contribution in [0.4, 0.5) is 10.7 Å². The molecule has 0 saturated heterocycles. The molecule has 21 heavy (non-hydrogen) atoms. The largest absolute Gasteiger partial charge is 0.397 e. The van der Waals surface area contributed by atoms with Gasteiger partial charge < -0.3 is 11.1 Å². The van der Waals surface area contributed by atoms with Crippen molar-refractivity contribution in [3.8, 4) is 0 Å². The molecule has 0 atom stereocenters. The number of ketones is 1. The normalized spacial score (nSPS) is 14.2. The number of Topliss-reactive ketones (excluding diaryl/α,β-unsaturated/α-hetero) is 1. The lowest BCUT2D eigenvalue weighted by Crippen LogP contribution is -2.04. The molecule has 0 amide bonds. The zero-order valence-corrected chi connectivity index (χ0v) is 13.1. The van der Waals surface area contributed by atoms with E-state index in [9.17, 15) is 4.79 Å². The lowest BCUT2D eigenvalue weighted by atomic mass is 10.1. The number of nitrogens with zero attached hydrogens (tertiary/aromatic N) is 1. The summed E-state index contributed by atoms with van der Waals surface area (Å²) in [5.74, 6) is 0.558. The summed E-state index contributed by atoms with van der Waals surface area (Å²) < 4.78 is 0. The summed E-state index contributed by atoms with van der Waals surface area (Å²) in [7, 11) is 0. The van der Waals surface area contributed by atoms with Crippen LogP contribution in [0.25, 0.3) is 0 Å². The van der Waals surface area contributed by atoms with E-state index in [-0.39, 0.29) is 5.78 Å². The van der Waals surface area contributed by atoms with Crippen molar-refractivity contribution in [2.75, 3.05) is 11.1 Å². The third-order valence-electron chi connectivity index (χ3n) is 3.82. The van der Waals surface area contributed by atoms with Gasteiger partial charge in [0, 0.05) is 18.7 Å². The minimum absolute atomic E-state index is 0.0430. The number of nitrogen functional groups attached to an aromatic ring is 1. The van der Waals surface area contributed by atoms with Gasteiger partial charge in [0.2, 0.25) is 0 Å². The minimum atomic E-state index is 0.0430. The summed E-state index contributed by atoms with van der Waals surface area (Å²) in [6, 6.07) is 3.99. The van der Waals surface area contributed by atoms with Crippen LogP contribution in [0, 0.1) is 6.92 Å². The summed E-state index contributed by atoms with van der Waals surface area (Å²) in [4.78, 5) is 16.8. The molecule has 2 aromatic rings. The maximum Gasteiger partial charge on any atom is 0.171 e. The number of pyridine rings is 1. The van der Waals surface area contributed by atoms with Gasteiger partial charge in [0.1, 0.15) is 0 Å². The molecule has 1 aliphatic carbocycles. The molecule has 4 nitrogen and oxygen atoms in total. The highest BCUT2D eigenvalue weighted by Gasteiger charge is 2.32. The Labute approximate surface area is 128 Å². The van der Waals surface area contributed by atoms with Crippen molar-refractivity contribution < 1.29 is 4.79 Å². The third kappa shape index (κ3) is 2.78. The summed E-state index contributed by atoms with van der Waals surface area (Å²) in [5.41, 5.74) is 10.2. The number of hydrogen-bond acceptors (Lipinski definition) is 5. The van der Waals surface area contributed by atoms with Crippen molar-refractivity contribution in [1.82, 2.24) is 4.98 Å². The second-order valence-corrected chi connectivity index (χ2v) is 6.56. The number of carbonyl (C=O) groups is 1. The fraction of sp³-hybridized carbons (Fsp3) is 0.375. The molecule has 1 aliphatic rings. The first-order valence-corrected chi connectivity index (χ1v) is 7.97. The van der Waals surface area contributed by atoms with Gasteiger partial charge >= 0.3 is 0 Å². The van der Waals surface area contributed by atoms with E-state index in [1.807, 2.05) is 6.07 Å². The Morgan fingerprint density at radius 2 is 2.29 bits per heavy atom. The lowest BCUT2D eigenvalue weighted by molar-refractivity contribution is 0.102. The Balaban J connectivity index is 1.86. The number of rotatable bonds is 5. The molecule has 1 fully saturated rings. The molecule has 1 saturated carbocycles. The summed E-state index contributed by atoms with van der Waals surface area (Å²) in [6.45, 7) is 4.28. The highest BCUT2D eigenvalue weighted by atomic mass is 32.1. The van der Waals surface area contributed by atoms with Gasteiger partial charge in [-0.25, -0.2) is 0 Å². The molecule has 0 radical (unpaired) electrons. The predicted molar refractivity (Wildman–Crippen MR) is 87.0 cm³/mol. The number of aryl methyl sites for hydroxylation is 1. The highest BCUT2D eigenvalue weighted by Crippen LogP contribution is 2.50. The van der Waals surface area contributed by atoms with Crippen LogP contribution in [-0.4, -0.2) is 10.8 Å². The molecule has 5 heteroatoms. The molecule has 0 spiro atoms. The predicted octanol–water partition coefficient (Wildman–Crippen LogP) is 3.73. The smallest absolute Gasteiger partial charge is 0.171 e. The lowest BCUT2D eigenvalue weighted by Gasteiger charge is -2.08. The van der Waals surface area contributed by atoms with Crippen LogP contribution < -0.4 is 11.1 Å². The maximum atomic E-state index is 11.7. The number of aromatic nitrogens is 1. The molecular weight excluding hydrogens is 282 g/mol. The Morgan fingerprint density at radius 1 is 1.52 bits per heavy atom. The van der Waals surface area contributed by atoms with Gasteiger partial charge in [0.05, 0.1) is 27.8 Å². The number of carbonyl (C=O) groups excluding carboxylic acids is 1. The monoisotopic (exact) mass is 301 g/mol. The van der Waals surface area contributed by atoms with E-state index in [0.29, 0.717) is 23.0 Å². The summed E-state index contributed by atoms with van der Waals surface area (Å²) >= 11 is 1.47. The number of thiophene rings is 1. The van der Waals surface area contributed by atoms with Gasteiger partial charge in [-0.3, -0.25) is 9.78 Å². The molecule has 2 aromatic heterocycles. The van der Waals surface area contributed by atoms with Crippen LogP contribution in [0.3, 0.4) is 0 Å². The van der Waals surface area contributed by atoms with Crippen LogP contribution in [0.1, 0.15) is 52.2 Å².